The lowest BCUT2D eigenvalue weighted by molar-refractivity contribution is 0.0734. The fourth-order valence-electron chi connectivity index (χ4n) is 2.13. The molecule has 1 heterocycles. The Kier molecular flexibility index (Phi) is 3.78. The molecule has 0 fully saturated rings. The van der Waals surface area contributed by atoms with E-state index in [0.717, 1.165) is 5.52 Å². The second-order valence-corrected chi connectivity index (χ2v) is 4.71. The van der Waals surface area contributed by atoms with Gasteiger partial charge in [-0.3, -0.25) is 0 Å². The normalized spacial score (nSPS) is 10.6. The average molecular weight is 297 g/mol. The molecule has 0 amide bonds. The fraction of sp³-hybridized carbons (Fsp3) is 0.176. The van der Waals surface area contributed by atoms with Crippen LogP contribution >= 0.6 is 0 Å². The third kappa shape index (κ3) is 2.93. The van der Waals surface area contributed by atoms with Crippen molar-refractivity contribution in [1.82, 2.24) is 4.98 Å². The number of benzene rings is 2. The third-order valence-electron chi connectivity index (χ3n) is 3.06. The summed E-state index contributed by atoms with van der Waals surface area (Å²) >= 11 is 0. The van der Waals surface area contributed by atoms with Gasteiger partial charge in [0.1, 0.15) is 17.0 Å². The summed E-state index contributed by atoms with van der Waals surface area (Å²) in [4.78, 5) is 16.4. The number of hydrogen-bond acceptors (Lipinski definition) is 5. The van der Waals surface area contributed by atoms with Crippen LogP contribution in [0.5, 0.6) is 11.5 Å². The Hall–Kier alpha value is -2.82. The minimum atomic E-state index is -0.447. The average Bonchev–Trinajstić information content (AvgIpc) is 2.87. The number of nitrogens with zero attached hydrogens (tertiary/aromatic N) is 1. The number of fused-ring (bicyclic) bond motifs is 1. The fourth-order valence-corrected chi connectivity index (χ4v) is 2.13. The standard InChI is InChI=1S/C17H15NO4/c1-3-20-13-6-4-5-12(9-13)17(19)22-14-7-8-15-16(10-14)21-11(2)18-15/h4-10H,3H2,1-2H3. The molecule has 0 bridgehead atoms. The Bertz CT molecular complexity index is 822. The second-order valence-electron chi connectivity index (χ2n) is 4.71. The monoisotopic (exact) mass is 297 g/mol. The minimum Gasteiger partial charge on any atom is -0.494 e. The van der Waals surface area contributed by atoms with Gasteiger partial charge in [0.15, 0.2) is 11.5 Å². The van der Waals surface area contributed by atoms with Crippen molar-refractivity contribution in [2.45, 2.75) is 13.8 Å². The van der Waals surface area contributed by atoms with E-state index in [1.165, 1.54) is 0 Å². The van der Waals surface area contributed by atoms with E-state index >= 15 is 0 Å². The molecule has 0 unspecified atom stereocenters. The summed E-state index contributed by atoms with van der Waals surface area (Å²) in [5, 5.41) is 0. The highest BCUT2D eigenvalue weighted by Gasteiger charge is 2.11. The minimum absolute atomic E-state index is 0.412. The van der Waals surface area contributed by atoms with Crippen LogP contribution in [0.25, 0.3) is 11.1 Å². The molecule has 0 aliphatic heterocycles. The van der Waals surface area contributed by atoms with Crippen molar-refractivity contribution in [3.05, 3.63) is 53.9 Å². The molecule has 22 heavy (non-hydrogen) atoms. The summed E-state index contributed by atoms with van der Waals surface area (Å²) < 4.78 is 16.2. The predicted octanol–water partition coefficient (Wildman–Crippen LogP) is 3.75. The molecule has 5 heteroatoms. The van der Waals surface area contributed by atoms with Crippen molar-refractivity contribution in [3.8, 4) is 11.5 Å². The van der Waals surface area contributed by atoms with Crippen LogP contribution in [0.4, 0.5) is 0 Å². The Balaban J connectivity index is 1.81. The largest absolute Gasteiger partial charge is 0.494 e. The molecule has 0 aliphatic rings. The van der Waals surface area contributed by atoms with E-state index in [9.17, 15) is 4.79 Å². The van der Waals surface area contributed by atoms with Gasteiger partial charge in [0, 0.05) is 13.0 Å². The van der Waals surface area contributed by atoms with E-state index in [-0.39, 0.29) is 0 Å². The molecule has 0 spiro atoms. The molecule has 5 nitrogen and oxygen atoms in total. The van der Waals surface area contributed by atoms with E-state index in [1.807, 2.05) is 6.92 Å². The van der Waals surface area contributed by atoms with Crippen molar-refractivity contribution in [2.24, 2.45) is 0 Å². The first-order chi connectivity index (χ1) is 10.7. The number of carbonyl (C=O) groups excluding carboxylic acids is 1. The molecule has 1 aromatic heterocycles. The van der Waals surface area contributed by atoms with Gasteiger partial charge in [-0.25, -0.2) is 9.78 Å². The Morgan fingerprint density at radius 2 is 2.05 bits per heavy atom. The second kappa shape index (κ2) is 5.89. The van der Waals surface area contributed by atoms with Gasteiger partial charge in [-0.05, 0) is 37.3 Å². The summed E-state index contributed by atoms with van der Waals surface area (Å²) in [5.74, 6) is 1.17. The lowest BCUT2D eigenvalue weighted by atomic mass is 10.2. The highest BCUT2D eigenvalue weighted by atomic mass is 16.5. The number of oxazole rings is 1. The molecule has 0 saturated heterocycles. The zero-order valence-electron chi connectivity index (χ0n) is 12.3. The maximum absolute atomic E-state index is 12.2. The number of carbonyl (C=O) groups is 1. The SMILES string of the molecule is CCOc1cccc(C(=O)Oc2ccc3nc(C)oc3c2)c1. The quantitative estimate of drug-likeness (QED) is 0.542. The summed E-state index contributed by atoms with van der Waals surface area (Å²) in [7, 11) is 0. The van der Waals surface area contributed by atoms with Gasteiger partial charge < -0.3 is 13.9 Å². The number of ether oxygens (including phenoxy) is 2. The molecule has 3 aromatic rings. The molecule has 0 N–H and O–H groups in total. The lowest BCUT2D eigenvalue weighted by Crippen LogP contribution is -2.08. The van der Waals surface area contributed by atoms with Crippen LogP contribution in [0.15, 0.2) is 46.9 Å². The van der Waals surface area contributed by atoms with Crippen molar-refractivity contribution in [3.63, 3.8) is 0 Å². The highest BCUT2D eigenvalue weighted by Crippen LogP contribution is 2.22. The molecule has 0 saturated carbocycles. The molecular weight excluding hydrogens is 282 g/mol. The summed E-state index contributed by atoms with van der Waals surface area (Å²) in [6.45, 7) is 4.20. The third-order valence-corrected chi connectivity index (χ3v) is 3.06. The smallest absolute Gasteiger partial charge is 0.343 e. The maximum Gasteiger partial charge on any atom is 0.343 e. The predicted molar refractivity (Wildman–Crippen MR) is 81.3 cm³/mol. The first kappa shape index (κ1) is 14.1. The first-order valence-electron chi connectivity index (χ1n) is 6.98. The molecule has 3 rings (SSSR count). The summed E-state index contributed by atoms with van der Waals surface area (Å²) in [6.07, 6.45) is 0. The van der Waals surface area contributed by atoms with Gasteiger partial charge in [0.05, 0.1) is 12.2 Å². The molecular formula is C17H15NO4. The number of hydrogen-bond donors (Lipinski definition) is 0. The van der Waals surface area contributed by atoms with Crippen LogP contribution in [0.2, 0.25) is 0 Å². The topological polar surface area (TPSA) is 61.6 Å². The molecule has 0 radical (unpaired) electrons. The summed E-state index contributed by atoms with van der Waals surface area (Å²) in [6, 6.07) is 12.0. The van der Waals surface area contributed by atoms with E-state index in [2.05, 4.69) is 4.98 Å². The maximum atomic E-state index is 12.2. The van der Waals surface area contributed by atoms with E-state index in [4.69, 9.17) is 13.9 Å². The van der Waals surface area contributed by atoms with Gasteiger partial charge in [0.25, 0.3) is 0 Å². The number of aryl methyl sites for hydroxylation is 1. The molecule has 0 atom stereocenters. The Morgan fingerprint density at radius 1 is 1.18 bits per heavy atom. The zero-order chi connectivity index (χ0) is 15.5. The van der Waals surface area contributed by atoms with Crippen molar-refractivity contribution in [2.75, 3.05) is 6.61 Å². The lowest BCUT2D eigenvalue weighted by Gasteiger charge is -2.06. The van der Waals surface area contributed by atoms with Crippen LogP contribution in [0.1, 0.15) is 23.2 Å². The zero-order valence-corrected chi connectivity index (χ0v) is 12.3. The summed E-state index contributed by atoms with van der Waals surface area (Å²) in [5.41, 5.74) is 1.75. The van der Waals surface area contributed by atoms with Crippen LogP contribution in [-0.2, 0) is 0 Å². The molecule has 0 aliphatic carbocycles. The highest BCUT2D eigenvalue weighted by molar-refractivity contribution is 5.92. The van der Waals surface area contributed by atoms with Gasteiger partial charge in [-0.1, -0.05) is 6.07 Å². The number of rotatable bonds is 4. The van der Waals surface area contributed by atoms with Crippen molar-refractivity contribution < 1.29 is 18.7 Å². The van der Waals surface area contributed by atoms with E-state index in [1.54, 1.807) is 49.4 Å². The van der Waals surface area contributed by atoms with Crippen LogP contribution in [0.3, 0.4) is 0 Å². The van der Waals surface area contributed by atoms with Crippen LogP contribution < -0.4 is 9.47 Å². The Morgan fingerprint density at radius 3 is 2.86 bits per heavy atom. The Labute approximate surface area is 127 Å². The van der Waals surface area contributed by atoms with Gasteiger partial charge in [-0.15, -0.1) is 0 Å². The van der Waals surface area contributed by atoms with Gasteiger partial charge >= 0.3 is 5.97 Å². The van der Waals surface area contributed by atoms with Crippen LogP contribution in [-0.4, -0.2) is 17.6 Å². The van der Waals surface area contributed by atoms with E-state index in [0.29, 0.717) is 35.1 Å². The first-order valence-corrected chi connectivity index (χ1v) is 6.98. The number of esters is 1. The molecule has 112 valence electrons. The van der Waals surface area contributed by atoms with Crippen LogP contribution in [0, 0.1) is 6.92 Å². The van der Waals surface area contributed by atoms with Crippen molar-refractivity contribution in [1.29, 1.82) is 0 Å². The van der Waals surface area contributed by atoms with Gasteiger partial charge in [0.2, 0.25) is 0 Å². The van der Waals surface area contributed by atoms with E-state index < -0.39 is 5.97 Å². The van der Waals surface area contributed by atoms with Crippen molar-refractivity contribution >= 4 is 17.1 Å². The molecule has 2 aromatic carbocycles. The number of aromatic nitrogens is 1. The van der Waals surface area contributed by atoms with Gasteiger partial charge in [-0.2, -0.15) is 0 Å².